The SMILES string of the molecule is CC[C@H]1CN2CC[C@H]1C[C@@H]2[C@@H](O)c1ccnc2ccc(OC)cc12.CN(C(=O)O)c1ccccc1. The highest BCUT2D eigenvalue weighted by Crippen LogP contribution is 2.42. The Kier molecular flexibility index (Phi) is 7.88. The van der Waals surface area contributed by atoms with Crippen molar-refractivity contribution >= 4 is 22.7 Å². The standard InChI is InChI=1S/C20H26N2O2.C8H9NO2/c1-3-13-12-22-9-7-14(13)10-19(22)20(23)16-6-8-21-18-5-4-15(24-2)11-17(16)18;1-9(8(10)11)7-5-3-2-4-6-7/h4-6,8,11,13-14,19-20,23H,3,7,9-10,12H2,1-2H3;2-6H,1H3,(H,10,11)/t13-,14-,19+,20-;/m0./s1. The van der Waals surface area contributed by atoms with E-state index in [1.165, 1.54) is 24.8 Å². The molecule has 3 saturated heterocycles. The minimum absolute atomic E-state index is 0.225. The van der Waals surface area contributed by atoms with Crippen LogP contribution in [0.1, 0.15) is 37.9 Å². The topological polar surface area (TPSA) is 86.1 Å². The number of para-hydroxylation sites is 1. The molecule has 2 bridgehead atoms. The van der Waals surface area contributed by atoms with Gasteiger partial charge in [-0.25, -0.2) is 4.79 Å². The number of benzene rings is 2. The minimum atomic E-state index is -0.948. The van der Waals surface area contributed by atoms with E-state index in [2.05, 4.69) is 16.8 Å². The first kappa shape index (κ1) is 24.9. The van der Waals surface area contributed by atoms with E-state index in [0.717, 1.165) is 53.6 Å². The van der Waals surface area contributed by atoms with Crippen molar-refractivity contribution in [3.63, 3.8) is 0 Å². The first-order chi connectivity index (χ1) is 16.9. The average molecular weight is 478 g/mol. The van der Waals surface area contributed by atoms with Crippen LogP contribution in [0.3, 0.4) is 0 Å². The number of nitrogens with zero attached hydrogens (tertiary/aromatic N) is 3. The number of carbonyl (C=O) groups is 1. The Labute approximate surface area is 207 Å². The van der Waals surface area contributed by atoms with Crippen molar-refractivity contribution in [2.75, 3.05) is 32.1 Å². The molecule has 4 heterocycles. The van der Waals surface area contributed by atoms with Gasteiger partial charge in [0.2, 0.25) is 0 Å². The normalized spacial score (nSPS) is 23.8. The van der Waals surface area contributed by atoms with E-state index in [0.29, 0.717) is 5.69 Å². The largest absolute Gasteiger partial charge is 0.497 e. The summed E-state index contributed by atoms with van der Waals surface area (Å²) in [5.41, 5.74) is 2.57. The molecule has 0 radical (unpaired) electrons. The second-order valence-electron chi connectivity index (χ2n) is 9.42. The number of anilines is 1. The zero-order valence-electron chi connectivity index (χ0n) is 20.7. The Morgan fingerprint density at radius 2 is 2.00 bits per heavy atom. The van der Waals surface area contributed by atoms with Crippen molar-refractivity contribution in [2.24, 2.45) is 11.8 Å². The maximum atomic E-state index is 11.2. The number of hydrogen-bond acceptors (Lipinski definition) is 5. The lowest BCUT2D eigenvalue weighted by atomic mass is 9.72. The van der Waals surface area contributed by atoms with Crippen molar-refractivity contribution < 1.29 is 19.7 Å². The fourth-order valence-electron chi connectivity index (χ4n) is 5.47. The summed E-state index contributed by atoms with van der Waals surface area (Å²) < 4.78 is 5.36. The summed E-state index contributed by atoms with van der Waals surface area (Å²) in [6.45, 7) is 4.55. The number of carboxylic acid groups (broad SMARTS) is 1. The molecule has 7 heteroatoms. The van der Waals surface area contributed by atoms with Gasteiger partial charge in [0.15, 0.2) is 0 Å². The molecule has 1 aromatic heterocycles. The lowest BCUT2D eigenvalue weighted by molar-refractivity contribution is -0.0562. The van der Waals surface area contributed by atoms with Crippen LogP contribution in [-0.4, -0.2) is 59.5 Å². The summed E-state index contributed by atoms with van der Waals surface area (Å²) in [4.78, 5) is 18.5. The average Bonchev–Trinajstić information content (AvgIpc) is 2.92. The highest BCUT2D eigenvalue weighted by atomic mass is 16.5. The van der Waals surface area contributed by atoms with Gasteiger partial charge in [-0.05, 0) is 73.2 Å². The maximum absolute atomic E-state index is 11.2. The fraction of sp³-hybridized carbons (Fsp3) is 0.429. The molecule has 7 nitrogen and oxygen atoms in total. The molecule has 6 rings (SSSR count). The van der Waals surface area contributed by atoms with Gasteiger partial charge in [0.1, 0.15) is 5.75 Å². The number of amides is 1. The molecule has 5 atom stereocenters. The molecular formula is C28H35N3O4. The lowest BCUT2D eigenvalue weighted by Crippen LogP contribution is -2.55. The zero-order valence-corrected chi connectivity index (χ0v) is 20.7. The molecule has 3 aliphatic heterocycles. The van der Waals surface area contributed by atoms with Crippen LogP contribution in [0.25, 0.3) is 10.9 Å². The second kappa shape index (κ2) is 11.1. The maximum Gasteiger partial charge on any atom is 0.411 e. The number of fused-ring (bicyclic) bond motifs is 4. The third kappa shape index (κ3) is 5.41. The predicted octanol–water partition coefficient (Wildman–Crippen LogP) is 5.20. The van der Waals surface area contributed by atoms with E-state index in [-0.39, 0.29) is 6.04 Å². The number of aliphatic hydroxyl groups is 1. The van der Waals surface area contributed by atoms with Crippen LogP contribution in [-0.2, 0) is 0 Å². The van der Waals surface area contributed by atoms with Crippen molar-refractivity contribution in [2.45, 2.75) is 38.3 Å². The third-order valence-corrected chi connectivity index (χ3v) is 7.56. The van der Waals surface area contributed by atoms with E-state index in [9.17, 15) is 9.90 Å². The summed E-state index contributed by atoms with van der Waals surface area (Å²) in [5, 5.41) is 20.7. The van der Waals surface area contributed by atoms with Gasteiger partial charge in [-0.2, -0.15) is 0 Å². The smallest absolute Gasteiger partial charge is 0.411 e. The number of aliphatic hydroxyl groups excluding tert-OH is 1. The molecule has 0 aliphatic carbocycles. The number of methoxy groups -OCH3 is 1. The Hall–Kier alpha value is -3.16. The molecule has 1 amide bonds. The van der Waals surface area contributed by atoms with E-state index in [1.54, 1.807) is 37.6 Å². The van der Waals surface area contributed by atoms with Gasteiger partial charge in [-0.15, -0.1) is 0 Å². The number of piperidine rings is 3. The molecule has 3 aliphatic rings. The Bertz CT molecular complexity index is 1140. The molecule has 0 saturated carbocycles. The highest BCUT2D eigenvalue weighted by molar-refractivity contribution is 5.85. The molecule has 3 aromatic rings. The van der Waals surface area contributed by atoms with Crippen LogP contribution in [0.15, 0.2) is 60.8 Å². The van der Waals surface area contributed by atoms with Crippen LogP contribution in [0, 0.1) is 11.8 Å². The van der Waals surface area contributed by atoms with Crippen LogP contribution >= 0.6 is 0 Å². The molecule has 35 heavy (non-hydrogen) atoms. The number of rotatable bonds is 5. The van der Waals surface area contributed by atoms with Crippen LogP contribution in [0.5, 0.6) is 5.75 Å². The molecule has 186 valence electrons. The van der Waals surface area contributed by atoms with Crippen molar-refractivity contribution in [1.82, 2.24) is 9.88 Å². The summed E-state index contributed by atoms with van der Waals surface area (Å²) in [6, 6.07) is 17.0. The molecular weight excluding hydrogens is 442 g/mol. The Morgan fingerprint density at radius 3 is 2.63 bits per heavy atom. The van der Waals surface area contributed by atoms with Crippen LogP contribution < -0.4 is 9.64 Å². The summed E-state index contributed by atoms with van der Waals surface area (Å²) in [6.07, 6.45) is 4.03. The molecule has 2 aromatic carbocycles. The summed E-state index contributed by atoms with van der Waals surface area (Å²) in [7, 11) is 3.18. The van der Waals surface area contributed by atoms with Gasteiger partial charge in [0.05, 0.1) is 18.7 Å². The number of aromatic nitrogens is 1. The first-order valence-electron chi connectivity index (χ1n) is 12.3. The second-order valence-corrected chi connectivity index (χ2v) is 9.42. The summed E-state index contributed by atoms with van der Waals surface area (Å²) >= 11 is 0. The van der Waals surface area contributed by atoms with E-state index < -0.39 is 12.2 Å². The monoisotopic (exact) mass is 477 g/mol. The van der Waals surface area contributed by atoms with Gasteiger partial charge < -0.3 is 14.9 Å². The minimum Gasteiger partial charge on any atom is -0.497 e. The fourth-order valence-corrected chi connectivity index (χ4v) is 5.47. The predicted molar refractivity (Wildman–Crippen MR) is 138 cm³/mol. The van der Waals surface area contributed by atoms with E-state index >= 15 is 0 Å². The van der Waals surface area contributed by atoms with Crippen LogP contribution in [0.4, 0.5) is 10.5 Å². The quantitative estimate of drug-likeness (QED) is 0.525. The zero-order chi connectivity index (χ0) is 24.9. The van der Waals surface area contributed by atoms with Crippen molar-refractivity contribution in [1.29, 1.82) is 0 Å². The molecule has 1 unspecified atom stereocenters. The van der Waals surface area contributed by atoms with Crippen LogP contribution in [0.2, 0.25) is 0 Å². The molecule has 2 N–H and O–H groups in total. The van der Waals surface area contributed by atoms with Crippen molar-refractivity contribution in [3.05, 3.63) is 66.4 Å². The van der Waals surface area contributed by atoms with E-state index in [4.69, 9.17) is 9.84 Å². The highest BCUT2D eigenvalue weighted by Gasteiger charge is 2.42. The molecule has 0 spiro atoms. The van der Waals surface area contributed by atoms with Gasteiger partial charge in [-0.3, -0.25) is 14.8 Å². The van der Waals surface area contributed by atoms with E-state index in [1.807, 2.05) is 30.3 Å². The van der Waals surface area contributed by atoms with Gasteiger partial charge in [0, 0.05) is 36.9 Å². The van der Waals surface area contributed by atoms with Gasteiger partial charge in [0.25, 0.3) is 0 Å². The van der Waals surface area contributed by atoms with Gasteiger partial charge >= 0.3 is 6.09 Å². The Morgan fingerprint density at radius 1 is 1.23 bits per heavy atom. The summed E-state index contributed by atoms with van der Waals surface area (Å²) in [5.74, 6) is 2.37. The van der Waals surface area contributed by atoms with Crippen molar-refractivity contribution in [3.8, 4) is 5.75 Å². The van der Waals surface area contributed by atoms with Gasteiger partial charge in [-0.1, -0.05) is 31.5 Å². The number of ether oxygens (including phenoxy) is 1. The number of hydrogen-bond donors (Lipinski definition) is 2. The number of pyridine rings is 1. The first-order valence-corrected chi connectivity index (χ1v) is 12.3. The Balaban J connectivity index is 0.000000221. The lowest BCUT2D eigenvalue weighted by Gasteiger charge is -2.51. The third-order valence-electron chi connectivity index (χ3n) is 7.56. The molecule has 3 fully saturated rings.